The average Bonchev–Trinajstić information content (AvgIpc) is 2.75. The number of rotatable bonds is 4. The van der Waals surface area contributed by atoms with Crippen LogP contribution in [0.25, 0.3) is 0 Å². The lowest BCUT2D eigenvalue weighted by Gasteiger charge is -2.05. The van der Waals surface area contributed by atoms with Crippen molar-refractivity contribution in [3.05, 3.63) is 41.0 Å². The monoisotopic (exact) mass is 244 g/mol. The maximum Gasteiger partial charge on any atom is 0.212 e. The molecule has 0 aliphatic carbocycles. The van der Waals surface area contributed by atoms with Crippen LogP contribution in [0, 0.1) is 13.8 Å². The first-order valence-electron chi connectivity index (χ1n) is 6.00. The summed E-state index contributed by atoms with van der Waals surface area (Å²) in [6.45, 7) is 6.50. The summed E-state index contributed by atoms with van der Waals surface area (Å²) < 4.78 is 1.65. The molecule has 94 valence electrons. The van der Waals surface area contributed by atoms with Crippen molar-refractivity contribution >= 4 is 5.78 Å². The van der Waals surface area contributed by atoms with Gasteiger partial charge < -0.3 is 0 Å². The Bertz CT molecular complexity index is 554. The first kappa shape index (κ1) is 12.4. The number of aryl methyl sites for hydroxylation is 3. The lowest BCUT2D eigenvalue weighted by Crippen LogP contribution is -2.12. The third-order valence-electron chi connectivity index (χ3n) is 2.63. The normalized spacial score (nSPS) is 10.6. The quantitative estimate of drug-likeness (QED) is 0.771. The average molecular weight is 244 g/mol. The number of nitrogens with zero attached hydrogens (tertiary/aromatic N) is 4. The largest absolute Gasteiger partial charge is 0.287 e. The minimum atomic E-state index is -0.0537. The van der Waals surface area contributed by atoms with E-state index in [0.29, 0.717) is 17.8 Å². The molecule has 0 saturated heterocycles. The molecule has 0 fully saturated rings. The molecule has 0 atom stereocenters. The van der Waals surface area contributed by atoms with Crippen molar-refractivity contribution < 1.29 is 4.79 Å². The predicted octanol–water partition coefficient (Wildman–Crippen LogP) is 1.93. The van der Waals surface area contributed by atoms with Crippen molar-refractivity contribution in [2.45, 2.75) is 33.7 Å². The van der Waals surface area contributed by atoms with E-state index in [9.17, 15) is 4.79 Å². The zero-order valence-electron chi connectivity index (χ0n) is 10.8. The first-order valence-corrected chi connectivity index (χ1v) is 6.00. The Hall–Kier alpha value is -2.04. The Kier molecular flexibility index (Phi) is 3.50. The number of carbonyl (C=O) groups excluding carboxylic acids is 1. The molecule has 0 aliphatic rings. The van der Waals surface area contributed by atoms with Gasteiger partial charge in [-0.05, 0) is 32.4 Å². The Morgan fingerprint density at radius 3 is 2.56 bits per heavy atom. The van der Waals surface area contributed by atoms with Crippen molar-refractivity contribution in [1.29, 1.82) is 0 Å². The van der Waals surface area contributed by atoms with Gasteiger partial charge in [0.1, 0.15) is 5.69 Å². The lowest BCUT2D eigenvalue weighted by atomic mass is 10.1. The van der Waals surface area contributed by atoms with E-state index in [1.54, 1.807) is 16.8 Å². The molecule has 0 saturated carbocycles. The molecule has 2 aromatic rings. The van der Waals surface area contributed by atoms with Crippen LogP contribution < -0.4 is 0 Å². The fourth-order valence-corrected chi connectivity index (χ4v) is 1.92. The summed E-state index contributed by atoms with van der Waals surface area (Å²) in [5.41, 5.74) is 2.85. The summed E-state index contributed by atoms with van der Waals surface area (Å²) in [6.07, 6.45) is 2.43. The molecular weight excluding hydrogens is 228 g/mol. The van der Waals surface area contributed by atoms with E-state index in [2.05, 4.69) is 15.3 Å². The molecule has 0 unspecified atom stereocenters. The summed E-state index contributed by atoms with van der Waals surface area (Å²) in [4.78, 5) is 16.6. The maximum absolute atomic E-state index is 12.4. The van der Waals surface area contributed by atoms with E-state index in [0.717, 1.165) is 17.8 Å². The maximum atomic E-state index is 12.4. The summed E-state index contributed by atoms with van der Waals surface area (Å²) in [5, 5.41) is 7.74. The third kappa shape index (κ3) is 2.45. The second-order valence-electron chi connectivity index (χ2n) is 4.31. The number of aromatic nitrogens is 4. The van der Waals surface area contributed by atoms with Gasteiger partial charge in [-0.2, -0.15) is 0 Å². The zero-order valence-corrected chi connectivity index (χ0v) is 10.8. The fraction of sp³-hybridized carbons (Fsp3) is 0.385. The van der Waals surface area contributed by atoms with Crippen molar-refractivity contribution in [2.75, 3.05) is 0 Å². The Morgan fingerprint density at radius 1 is 1.28 bits per heavy atom. The van der Waals surface area contributed by atoms with Gasteiger partial charge >= 0.3 is 0 Å². The highest BCUT2D eigenvalue weighted by atomic mass is 16.1. The van der Waals surface area contributed by atoms with Gasteiger partial charge in [0.25, 0.3) is 0 Å². The molecule has 2 heterocycles. The molecule has 5 nitrogen and oxygen atoms in total. The van der Waals surface area contributed by atoms with Crippen LogP contribution in [0.15, 0.2) is 18.3 Å². The zero-order chi connectivity index (χ0) is 13.1. The van der Waals surface area contributed by atoms with E-state index in [-0.39, 0.29) is 5.78 Å². The van der Waals surface area contributed by atoms with Gasteiger partial charge in [0.15, 0.2) is 0 Å². The second-order valence-corrected chi connectivity index (χ2v) is 4.31. The van der Waals surface area contributed by atoms with Gasteiger partial charge in [0.2, 0.25) is 5.78 Å². The number of hydrogen-bond acceptors (Lipinski definition) is 4. The van der Waals surface area contributed by atoms with Crippen LogP contribution in [-0.2, 0) is 6.54 Å². The van der Waals surface area contributed by atoms with Crippen LogP contribution in [0.3, 0.4) is 0 Å². The van der Waals surface area contributed by atoms with Crippen molar-refractivity contribution in [1.82, 2.24) is 20.0 Å². The summed E-state index contributed by atoms with van der Waals surface area (Å²) in [6, 6.07) is 3.58. The predicted molar refractivity (Wildman–Crippen MR) is 67.5 cm³/mol. The van der Waals surface area contributed by atoms with Crippen molar-refractivity contribution in [3.63, 3.8) is 0 Å². The van der Waals surface area contributed by atoms with Gasteiger partial charge in [-0.25, -0.2) is 4.68 Å². The van der Waals surface area contributed by atoms with Gasteiger partial charge in [-0.1, -0.05) is 12.1 Å². The lowest BCUT2D eigenvalue weighted by molar-refractivity contribution is 0.102. The van der Waals surface area contributed by atoms with Crippen molar-refractivity contribution in [3.8, 4) is 0 Å². The Morgan fingerprint density at radius 2 is 1.94 bits per heavy atom. The standard InChI is InChI=1S/C13H16N4O/c1-4-5-17-12(8-14-16-17)13(18)11-6-9(2)15-10(3)7-11/h6-8H,4-5H2,1-3H3. The number of hydrogen-bond donors (Lipinski definition) is 0. The summed E-state index contributed by atoms with van der Waals surface area (Å²) >= 11 is 0. The number of pyridine rings is 1. The molecule has 0 bridgehead atoms. The molecule has 18 heavy (non-hydrogen) atoms. The van der Waals surface area contributed by atoms with Gasteiger partial charge in [-0.3, -0.25) is 9.78 Å². The minimum absolute atomic E-state index is 0.0537. The first-order chi connectivity index (χ1) is 8.61. The molecule has 0 spiro atoms. The molecule has 5 heteroatoms. The highest BCUT2D eigenvalue weighted by molar-refractivity contribution is 6.07. The SMILES string of the molecule is CCCn1nncc1C(=O)c1cc(C)nc(C)c1. The molecule has 0 aliphatic heterocycles. The van der Waals surface area contributed by atoms with E-state index in [1.807, 2.05) is 20.8 Å². The fourth-order valence-electron chi connectivity index (χ4n) is 1.92. The van der Waals surface area contributed by atoms with Gasteiger partial charge in [-0.15, -0.1) is 5.10 Å². The van der Waals surface area contributed by atoms with E-state index >= 15 is 0 Å². The van der Waals surface area contributed by atoms with Crippen LogP contribution in [0.4, 0.5) is 0 Å². The van der Waals surface area contributed by atoms with E-state index in [1.165, 1.54) is 6.20 Å². The second kappa shape index (κ2) is 5.08. The van der Waals surface area contributed by atoms with Crippen LogP contribution in [-0.4, -0.2) is 25.8 Å². The Balaban J connectivity index is 2.38. The topological polar surface area (TPSA) is 60.7 Å². The summed E-state index contributed by atoms with van der Waals surface area (Å²) in [5.74, 6) is -0.0537. The van der Waals surface area contributed by atoms with Gasteiger partial charge in [0, 0.05) is 23.5 Å². The molecule has 2 rings (SSSR count). The van der Waals surface area contributed by atoms with Crippen LogP contribution in [0.5, 0.6) is 0 Å². The van der Waals surface area contributed by atoms with Crippen molar-refractivity contribution in [2.24, 2.45) is 0 Å². The van der Waals surface area contributed by atoms with Crippen LogP contribution in [0.2, 0.25) is 0 Å². The van der Waals surface area contributed by atoms with Crippen LogP contribution in [0.1, 0.15) is 40.8 Å². The molecule has 0 amide bonds. The molecule has 0 radical (unpaired) electrons. The molecule has 0 N–H and O–H groups in total. The number of carbonyl (C=O) groups is 1. The molecule has 0 aromatic carbocycles. The van der Waals surface area contributed by atoms with E-state index in [4.69, 9.17) is 0 Å². The number of ketones is 1. The molecular formula is C13H16N4O. The van der Waals surface area contributed by atoms with E-state index < -0.39 is 0 Å². The smallest absolute Gasteiger partial charge is 0.212 e. The summed E-state index contributed by atoms with van der Waals surface area (Å²) in [7, 11) is 0. The van der Waals surface area contributed by atoms with Gasteiger partial charge in [0.05, 0.1) is 6.20 Å². The van der Waals surface area contributed by atoms with Crippen LogP contribution >= 0.6 is 0 Å². The highest BCUT2D eigenvalue weighted by Crippen LogP contribution is 2.11. The highest BCUT2D eigenvalue weighted by Gasteiger charge is 2.15. The molecule has 2 aromatic heterocycles. The minimum Gasteiger partial charge on any atom is -0.287 e. The third-order valence-corrected chi connectivity index (χ3v) is 2.63. The Labute approximate surface area is 106 Å².